The van der Waals surface area contributed by atoms with E-state index in [2.05, 4.69) is 5.32 Å². The molecule has 0 radical (unpaired) electrons. The van der Waals surface area contributed by atoms with Crippen molar-refractivity contribution in [1.29, 1.82) is 0 Å². The van der Waals surface area contributed by atoms with Gasteiger partial charge in [0.2, 0.25) is 0 Å². The Morgan fingerprint density at radius 2 is 1.57 bits per heavy atom. The van der Waals surface area contributed by atoms with Crippen LogP contribution in [0.1, 0.15) is 32.8 Å². The molecule has 7 heteroatoms. The smallest absolute Gasteiger partial charge is 0.407 e. The number of amides is 1. The van der Waals surface area contributed by atoms with Crippen LogP contribution in [-0.2, 0) is 25.5 Å². The van der Waals surface area contributed by atoms with Crippen LogP contribution in [0.2, 0.25) is 0 Å². The number of carbonyl (C=O) groups is 1. The Kier molecular flexibility index (Phi) is 7.60. The van der Waals surface area contributed by atoms with E-state index in [-0.39, 0.29) is 11.5 Å². The summed E-state index contributed by atoms with van der Waals surface area (Å²) < 4.78 is 35.2. The van der Waals surface area contributed by atoms with E-state index in [1.807, 2.05) is 30.3 Å². The molecule has 1 atom stereocenters. The van der Waals surface area contributed by atoms with Gasteiger partial charge < -0.3 is 10.1 Å². The Balaban J connectivity index is 2.03. The fraction of sp³-hybridized carbons (Fsp3) is 0.381. The average Bonchev–Trinajstić information content (AvgIpc) is 2.64. The number of rotatable bonds is 8. The van der Waals surface area contributed by atoms with Gasteiger partial charge in [0, 0.05) is 0 Å². The van der Waals surface area contributed by atoms with Crippen LogP contribution in [0.25, 0.3) is 0 Å². The van der Waals surface area contributed by atoms with Crippen molar-refractivity contribution in [2.24, 2.45) is 0 Å². The van der Waals surface area contributed by atoms with E-state index in [0.717, 1.165) is 5.56 Å². The van der Waals surface area contributed by atoms with E-state index in [1.165, 1.54) is 12.1 Å². The van der Waals surface area contributed by atoms with Gasteiger partial charge in [0.1, 0.15) is 5.60 Å². The third kappa shape index (κ3) is 7.70. The molecule has 152 valence electrons. The van der Waals surface area contributed by atoms with Crippen LogP contribution in [-0.4, -0.2) is 32.8 Å². The van der Waals surface area contributed by atoms with Gasteiger partial charge in [0.05, 0.1) is 17.5 Å². The number of carbonyl (C=O) groups excluding carboxylic acids is 1. The maximum Gasteiger partial charge on any atom is 0.407 e. The Labute approximate surface area is 167 Å². The molecule has 0 saturated carbocycles. The van der Waals surface area contributed by atoms with Crippen molar-refractivity contribution < 1.29 is 22.1 Å². The maximum absolute atomic E-state index is 12.4. The third-order valence-electron chi connectivity index (χ3n) is 3.80. The second-order valence-electron chi connectivity index (χ2n) is 7.42. The van der Waals surface area contributed by atoms with Crippen molar-refractivity contribution in [2.45, 2.75) is 50.2 Å². The van der Waals surface area contributed by atoms with Crippen molar-refractivity contribution >= 4 is 16.2 Å². The number of hydrogen-bond acceptors (Lipinski definition) is 5. The van der Waals surface area contributed by atoms with E-state index in [4.69, 9.17) is 8.92 Å². The lowest BCUT2D eigenvalue weighted by molar-refractivity contribution is 0.0485. The molecule has 28 heavy (non-hydrogen) atoms. The van der Waals surface area contributed by atoms with Gasteiger partial charge >= 0.3 is 6.09 Å². The monoisotopic (exact) mass is 405 g/mol. The molecule has 1 N–H and O–H groups in total. The predicted octanol–water partition coefficient (Wildman–Crippen LogP) is 3.92. The first-order valence-corrected chi connectivity index (χ1v) is 10.5. The lowest BCUT2D eigenvalue weighted by Gasteiger charge is -2.23. The van der Waals surface area contributed by atoms with Gasteiger partial charge in [0.25, 0.3) is 10.1 Å². The quantitative estimate of drug-likeness (QED) is 0.673. The number of alkyl carbamates (subject to hydrolysis) is 1. The first kappa shape index (κ1) is 21.9. The second kappa shape index (κ2) is 9.71. The predicted molar refractivity (Wildman–Crippen MR) is 108 cm³/mol. The molecule has 0 aromatic heterocycles. The summed E-state index contributed by atoms with van der Waals surface area (Å²) in [5, 5.41) is 2.72. The highest BCUT2D eigenvalue weighted by Crippen LogP contribution is 2.14. The first-order valence-electron chi connectivity index (χ1n) is 9.14. The van der Waals surface area contributed by atoms with Gasteiger partial charge in [-0.3, -0.25) is 4.18 Å². The minimum atomic E-state index is -3.90. The van der Waals surface area contributed by atoms with Crippen LogP contribution in [0.15, 0.2) is 65.6 Å². The molecule has 0 unspecified atom stereocenters. The third-order valence-corrected chi connectivity index (χ3v) is 5.10. The van der Waals surface area contributed by atoms with Crippen LogP contribution in [0, 0.1) is 0 Å². The van der Waals surface area contributed by atoms with Crippen molar-refractivity contribution in [2.75, 3.05) is 6.61 Å². The summed E-state index contributed by atoms with van der Waals surface area (Å²) in [6, 6.07) is 17.1. The molecule has 2 rings (SSSR count). The van der Waals surface area contributed by atoms with Crippen LogP contribution >= 0.6 is 0 Å². The largest absolute Gasteiger partial charge is 0.444 e. The van der Waals surface area contributed by atoms with Crippen molar-refractivity contribution in [3.8, 4) is 0 Å². The SMILES string of the molecule is CC(C)(C)OC(=O)N[C@@H](CCc1ccccc1)COS(=O)(=O)c1ccccc1. The van der Waals surface area contributed by atoms with Gasteiger partial charge in [0.15, 0.2) is 0 Å². The molecule has 0 fully saturated rings. The van der Waals surface area contributed by atoms with E-state index in [0.29, 0.717) is 12.8 Å². The van der Waals surface area contributed by atoms with Crippen LogP contribution < -0.4 is 5.32 Å². The lowest BCUT2D eigenvalue weighted by Crippen LogP contribution is -2.42. The molecule has 2 aromatic rings. The summed E-state index contributed by atoms with van der Waals surface area (Å²) in [5.41, 5.74) is 0.440. The minimum absolute atomic E-state index is 0.0778. The zero-order valence-electron chi connectivity index (χ0n) is 16.4. The van der Waals surface area contributed by atoms with E-state index >= 15 is 0 Å². The lowest BCUT2D eigenvalue weighted by atomic mass is 10.1. The zero-order valence-corrected chi connectivity index (χ0v) is 17.2. The highest BCUT2D eigenvalue weighted by atomic mass is 32.2. The summed E-state index contributed by atoms with van der Waals surface area (Å²) in [4.78, 5) is 12.2. The Bertz CT molecular complexity index is 845. The molecule has 0 aliphatic carbocycles. The summed E-state index contributed by atoms with van der Waals surface area (Å²) in [6.07, 6.45) is 0.565. The average molecular weight is 406 g/mol. The molecule has 0 aliphatic heterocycles. The Morgan fingerprint density at radius 3 is 2.14 bits per heavy atom. The van der Waals surface area contributed by atoms with Crippen LogP contribution in [0.3, 0.4) is 0 Å². The highest BCUT2D eigenvalue weighted by molar-refractivity contribution is 7.86. The molecule has 0 bridgehead atoms. The molecular weight excluding hydrogens is 378 g/mol. The molecule has 0 heterocycles. The van der Waals surface area contributed by atoms with Crippen LogP contribution in [0.5, 0.6) is 0 Å². The minimum Gasteiger partial charge on any atom is -0.444 e. The summed E-state index contributed by atoms with van der Waals surface area (Å²) >= 11 is 0. The van der Waals surface area contributed by atoms with E-state index < -0.39 is 27.9 Å². The fourth-order valence-electron chi connectivity index (χ4n) is 2.48. The molecule has 0 saturated heterocycles. The summed E-state index contributed by atoms with van der Waals surface area (Å²) in [7, 11) is -3.90. The van der Waals surface area contributed by atoms with Crippen LogP contribution in [0.4, 0.5) is 4.79 Å². The number of hydrogen-bond donors (Lipinski definition) is 1. The Hall–Kier alpha value is -2.38. The summed E-state index contributed by atoms with van der Waals surface area (Å²) in [6.45, 7) is 5.12. The molecular formula is C21H27NO5S. The Morgan fingerprint density at radius 1 is 1.00 bits per heavy atom. The number of ether oxygens (including phenoxy) is 1. The molecule has 2 aromatic carbocycles. The number of benzene rings is 2. The van der Waals surface area contributed by atoms with Crippen molar-refractivity contribution in [3.05, 3.63) is 66.2 Å². The first-order chi connectivity index (χ1) is 13.2. The molecule has 6 nitrogen and oxygen atoms in total. The van der Waals surface area contributed by atoms with E-state index in [9.17, 15) is 13.2 Å². The zero-order chi connectivity index (χ0) is 20.6. The van der Waals surface area contributed by atoms with Crippen molar-refractivity contribution in [3.63, 3.8) is 0 Å². The maximum atomic E-state index is 12.4. The number of nitrogens with one attached hydrogen (secondary N) is 1. The van der Waals surface area contributed by atoms with Gasteiger partial charge in [-0.1, -0.05) is 48.5 Å². The van der Waals surface area contributed by atoms with Gasteiger partial charge in [-0.05, 0) is 51.3 Å². The molecule has 1 amide bonds. The normalized spacial score (nSPS) is 13.0. The molecule has 0 aliphatic rings. The highest BCUT2D eigenvalue weighted by Gasteiger charge is 2.22. The van der Waals surface area contributed by atoms with E-state index in [1.54, 1.807) is 39.0 Å². The number of aryl methyl sites for hydroxylation is 1. The van der Waals surface area contributed by atoms with Gasteiger partial charge in [-0.25, -0.2) is 4.79 Å². The molecule has 0 spiro atoms. The fourth-order valence-corrected chi connectivity index (χ4v) is 3.45. The van der Waals surface area contributed by atoms with Gasteiger partial charge in [-0.2, -0.15) is 8.42 Å². The summed E-state index contributed by atoms with van der Waals surface area (Å²) in [5.74, 6) is 0. The van der Waals surface area contributed by atoms with Crippen molar-refractivity contribution in [1.82, 2.24) is 5.32 Å². The second-order valence-corrected chi connectivity index (χ2v) is 9.03. The van der Waals surface area contributed by atoms with Gasteiger partial charge in [-0.15, -0.1) is 0 Å². The topological polar surface area (TPSA) is 81.7 Å². The standard InChI is InChI=1S/C21H27NO5S/c1-21(2,3)27-20(23)22-18(15-14-17-10-6-4-7-11-17)16-26-28(24,25)19-12-8-5-9-13-19/h4-13,18H,14-16H2,1-3H3,(H,22,23)/t18-/m0/s1.